The van der Waals surface area contributed by atoms with Crippen molar-refractivity contribution in [3.63, 3.8) is 0 Å². The van der Waals surface area contributed by atoms with Crippen molar-refractivity contribution in [3.8, 4) is 0 Å². The maximum Gasteiger partial charge on any atom is 0.333 e. The number of carbonyl (C=O) groups excluding carboxylic acids is 1. The number of halogens is 1. The molecule has 2 aliphatic rings. The molecule has 206 valence electrons. The van der Waals surface area contributed by atoms with Gasteiger partial charge < -0.3 is 10.4 Å². The number of aliphatic hydroxyl groups excluding tert-OH is 1. The molecule has 2 heterocycles. The number of aliphatic hydroxyl groups is 1. The molecule has 13 heteroatoms. The minimum absolute atomic E-state index is 0.0323. The lowest BCUT2D eigenvalue weighted by atomic mass is 9.86. The molecule has 4 N–H and O–H groups in total. The molecule has 1 fully saturated rings. The average molecular weight is 582 g/mol. The molecule has 0 spiro atoms. The second-order valence-corrected chi connectivity index (χ2v) is 12.6. The quantitative estimate of drug-likeness (QED) is 0.357. The minimum atomic E-state index is -4.09. The largest absolute Gasteiger partial charge is 0.393 e. The second-order valence-electron chi connectivity index (χ2n) is 9.95. The molecule has 10 nitrogen and oxygen atoms in total. The fourth-order valence-electron chi connectivity index (χ4n) is 5.17. The molecular weight excluding hydrogens is 550 g/mol. The predicted octanol–water partition coefficient (Wildman–Crippen LogP) is 3.02. The van der Waals surface area contributed by atoms with Crippen LogP contribution in [0.2, 0.25) is 5.02 Å². The Bertz CT molecular complexity index is 1310. The zero-order chi connectivity index (χ0) is 27.6. The summed E-state index contributed by atoms with van der Waals surface area (Å²) in [5, 5.41) is 20.9. The Balaban J connectivity index is 1.48. The summed E-state index contributed by atoms with van der Waals surface area (Å²) in [4.78, 5) is 24.3. The molecule has 0 saturated heterocycles. The highest BCUT2D eigenvalue weighted by Gasteiger charge is 2.39. The van der Waals surface area contributed by atoms with Gasteiger partial charge in [0.2, 0.25) is 0 Å². The molecule has 4 rings (SSSR count). The van der Waals surface area contributed by atoms with Crippen LogP contribution in [0.15, 0.2) is 47.8 Å². The van der Waals surface area contributed by atoms with E-state index in [2.05, 4.69) is 36.7 Å². The molecule has 1 aliphatic heterocycles. The van der Waals surface area contributed by atoms with Crippen LogP contribution in [-0.4, -0.2) is 72.3 Å². The molecule has 1 aromatic carbocycles. The van der Waals surface area contributed by atoms with Gasteiger partial charge in [0.1, 0.15) is 12.1 Å². The lowest BCUT2D eigenvalue weighted by molar-refractivity contribution is 0.0976. The monoisotopic (exact) mass is 581 g/mol. The molecule has 38 heavy (non-hydrogen) atoms. The van der Waals surface area contributed by atoms with Crippen molar-refractivity contribution >= 4 is 45.3 Å². The first-order chi connectivity index (χ1) is 17.9. The summed E-state index contributed by atoms with van der Waals surface area (Å²) >= 11 is 7.75. The number of aromatic nitrogens is 2. The zero-order valence-electron chi connectivity index (χ0n) is 21.3. The molecule has 3 unspecified atom stereocenters. The first kappa shape index (κ1) is 28.9. The third-order valence-corrected chi connectivity index (χ3v) is 9.03. The highest BCUT2D eigenvalue weighted by Crippen LogP contribution is 2.45. The summed E-state index contributed by atoms with van der Waals surface area (Å²) in [5.41, 5.74) is 2.55. The average Bonchev–Trinajstić information content (AvgIpc) is 3.39. The van der Waals surface area contributed by atoms with E-state index < -0.39 is 22.3 Å². The number of nitrogens with one attached hydrogen (secondary N) is 1. The molecule has 1 aromatic heterocycles. The van der Waals surface area contributed by atoms with Gasteiger partial charge in [-0.3, -0.25) is 13.9 Å². The number of rotatable bonds is 10. The Morgan fingerprint density at radius 3 is 2.82 bits per heavy atom. The van der Waals surface area contributed by atoms with E-state index >= 15 is 0 Å². The number of nitrogens with zero attached hydrogens (tertiary/aromatic N) is 3. The number of nitrogens with two attached hydrogens (primary N) is 1. The van der Waals surface area contributed by atoms with Crippen molar-refractivity contribution < 1.29 is 22.5 Å². The van der Waals surface area contributed by atoms with Crippen LogP contribution >= 0.6 is 23.4 Å². The van der Waals surface area contributed by atoms with Gasteiger partial charge in [0.25, 0.3) is 0 Å². The summed E-state index contributed by atoms with van der Waals surface area (Å²) in [6.07, 6.45) is 2.87. The van der Waals surface area contributed by atoms with E-state index in [1.807, 2.05) is 38.4 Å². The van der Waals surface area contributed by atoms with Crippen LogP contribution < -0.4 is 10.5 Å². The van der Waals surface area contributed by atoms with Gasteiger partial charge in [-0.1, -0.05) is 30.7 Å². The van der Waals surface area contributed by atoms with E-state index in [4.69, 9.17) is 16.7 Å². The number of anilines is 1. The normalized spacial score (nSPS) is 26.4. The molecule has 1 saturated carbocycles. The standard InChI is InChI=1S/C25H32ClN5O5S2/c1-14-20(22(31(2)3)15-5-4-6-17(26)7-15)12-37-24(14)23(33)19-10-28-13-29-25(19)30-18-8-16(21(32)9-18)11-36-38(27,34)35/h4-7,10,12-14,16,18,21-22,24,32H,8-9,11H2,1-3H3,(H2,27,34,35)(H,28,29,30)/t14?,16-,18-,21+,22?,24?/m1/s1. The van der Waals surface area contributed by atoms with Crippen LogP contribution in [0.25, 0.3) is 0 Å². The van der Waals surface area contributed by atoms with Crippen LogP contribution in [0.3, 0.4) is 0 Å². The van der Waals surface area contributed by atoms with Crippen molar-refractivity contribution in [3.05, 3.63) is 63.9 Å². The minimum Gasteiger partial charge on any atom is -0.393 e. The van der Waals surface area contributed by atoms with Gasteiger partial charge in [-0.15, -0.1) is 11.8 Å². The molecule has 0 amide bonds. The third kappa shape index (κ3) is 6.74. The van der Waals surface area contributed by atoms with Crippen molar-refractivity contribution in [1.29, 1.82) is 0 Å². The van der Waals surface area contributed by atoms with Gasteiger partial charge >= 0.3 is 10.3 Å². The third-order valence-electron chi connectivity index (χ3n) is 7.01. The fraction of sp³-hybridized carbons (Fsp3) is 0.480. The van der Waals surface area contributed by atoms with Crippen LogP contribution in [0.4, 0.5) is 5.82 Å². The maximum absolute atomic E-state index is 13.8. The Hall–Kier alpha value is -2.06. The summed E-state index contributed by atoms with van der Waals surface area (Å²) < 4.78 is 26.9. The second kappa shape index (κ2) is 12.0. The maximum atomic E-state index is 13.8. The van der Waals surface area contributed by atoms with Crippen molar-refractivity contribution in [1.82, 2.24) is 14.9 Å². The SMILES string of the molecule is CC1C(C(c2cccc(Cl)c2)N(C)C)=CSC1C(=O)c1cncnc1N[C@@H]1C[C@H](COS(N)(=O)=O)[C@@H](O)C1. The number of likely N-dealkylation sites (N-methyl/N-ethyl adjacent to an activating group) is 1. The summed E-state index contributed by atoms with van der Waals surface area (Å²) in [7, 11) is -0.0874. The van der Waals surface area contributed by atoms with Gasteiger partial charge in [0.05, 0.1) is 29.6 Å². The van der Waals surface area contributed by atoms with E-state index in [9.17, 15) is 18.3 Å². The number of ketones is 1. The van der Waals surface area contributed by atoms with E-state index in [0.717, 1.165) is 11.1 Å². The first-order valence-corrected chi connectivity index (χ1v) is 15.0. The highest BCUT2D eigenvalue weighted by molar-refractivity contribution is 8.03. The number of carbonyl (C=O) groups is 1. The van der Waals surface area contributed by atoms with Gasteiger partial charge in [-0.05, 0) is 61.5 Å². The van der Waals surface area contributed by atoms with Gasteiger partial charge in [-0.2, -0.15) is 8.42 Å². The highest BCUT2D eigenvalue weighted by atomic mass is 35.5. The topological polar surface area (TPSA) is 148 Å². The Morgan fingerprint density at radius 2 is 2.13 bits per heavy atom. The molecule has 0 bridgehead atoms. The molecular formula is C25H32ClN5O5S2. The van der Waals surface area contributed by atoms with Crippen molar-refractivity contribution in [2.45, 2.75) is 43.2 Å². The smallest absolute Gasteiger partial charge is 0.333 e. The number of thioether (sulfide) groups is 1. The van der Waals surface area contributed by atoms with E-state index in [1.54, 1.807) is 0 Å². The van der Waals surface area contributed by atoms with Crippen LogP contribution in [0.1, 0.15) is 41.7 Å². The van der Waals surface area contributed by atoms with Gasteiger partial charge in [-0.25, -0.2) is 15.1 Å². The Morgan fingerprint density at radius 1 is 1.37 bits per heavy atom. The fourth-order valence-corrected chi connectivity index (χ4v) is 7.03. The van der Waals surface area contributed by atoms with Crippen molar-refractivity contribution in [2.75, 3.05) is 26.0 Å². The summed E-state index contributed by atoms with van der Waals surface area (Å²) in [6, 6.07) is 7.49. The molecule has 1 aliphatic carbocycles. The number of Topliss-reactive ketones (excluding diaryl/α,β-unsaturated/α-hetero) is 1. The molecule has 2 aromatic rings. The molecule has 0 radical (unpaired) electrons. The Labute approximate surface area is 232 Å². The lowest BCUT2D eigenvalue weighted by Gasteiger charge is -2.30. The lowest BCUT2D eigenvalue weighted by Crippen LogP contribution is -2.30. The van der Waals surface area contributed by atoms with Gasteiger partial charge in [0, 0.05) is 23.2 Å². The van der Waals surface area contributed by atoms with E-state index in [0.29, 0.717) is 29.2 Å². The summed E-state index contributed by atoms with van der Waals surface area (Å²) in [6.45, 7) is 1.84. The Kier molecular flexibility index (Phi) is 9.13. The zero-order valence-corrected chi connectivity index (χ0v) is 23.7. The summed E-state index contributed by atoms with van der Waals surface area (Å²) in [5.74, 6) is -0.179. The van der Waals surface area contributed by atoms with E-state index in [1.165, 1.54) is 24.3 Å². The van der Waals surface area contributed by atoms with Crippen LogP contribution in [0.5, 0.6) is 0 Å². The van der Waals surface area contributed by atoms with Crippen LogP contribution in [-0.2, 0) is 14.5 Å². The number of hydrogen-bond acceptors (Lipinski definition) is 10. The number of benzene rings is 1. The molecule has 6 atom stereocenters. The first-order valence-electron chi connectivity index (χ1n) is 12.2. The van der Waals surface area contributed by atoms with Crippen molar-refractivity contribution in [2.24, 2.45) is 17.0 Å². The van der Waals surface area contributed by atoms with Crippen LogP contribution in [0, 0.1) is 11.8 Å². The van der Waals surface area contributed by atoms with Gasteiger partial charge in [0.15, 0.2) is 5.78 Å². The van der Waals surface area contributed by atoms with E-state index in [-0.39, 0.29) is 35.6 Å². The number of hydrogen-bond donors (Lipinski definition) is 3. The predicted molar refractivity (Wildman–Crippen MR) is 148 cm³/mol.